The molecule has 2 rings (SSSR count). The van der Waals surface area contributed by atoms with E-state index < -0.39 is 11.9 Å². The van der Waals surface area contributed by atoms with Gasteiger partial charge in [-0.3, -0.25) is 14.4 Å². The Bertz CT molecular complexity index is 555. The summed E-state index contributed by atoms with van der Waals surface area (Å²) in [6.45, 7) is 0.361. The van der Waals surface area contributed by atoms with E-state index in [0.717, 1.165) is 19.3 Å². The Morgan fingerprint density at radius 2 is 2.00 bits per heavy atom. The number of carboxylic acids is 1. The lowest BCUT2D eigenvalue weighted by Crippen LogP contribution is -2.43. The quantitative estimate of drug-likeness (QED) is 0.521. The van der Waals surface area contributed by atoms with E-state index in [0.29, 0.717) is 25.8 Å². The molecule has 1 aliphatic carbocycles. The first kappa shape index (κ1) is 18.0. The fourth-order valence-corrected chi connectivity index (χ4v) is 3.00. The lowest BCUT2D eigenvalue weighted by atomic mass is 9.94. The van der Waals surface area contributed by atoms with Gasteiger partial charge in [0, 0.05) is 19.0 Å². The standard InChI is InChI=1S/C17H24N2O5/c20-15(9-4-10-18-16(21)14-8-5-11-24-14)19-13-7-3-1-2-6-12(13)17(22)23/h5,8,11-13H,1-4,6-7,9-10H2,(H,18,21)(H,19,20)(H,22,23)/t12-,13-/m0/s1. The first-order chi connectivity index (χ1) is 11.6. The third-order valence-corrected chi connectivity index (χ3v) is 4.29. The first-order valence-corrected chi connectivity index (χ1v) is 8.42. The number of nitrogens with one attached hydrogen (secondary N) is 2. The minimum Gasteiger partial charge on any atom is -0.481 e. The molecule has 0 radical (unpaired) electrons. The first-order valence-electron chi connectivity index (χ1n) is 8.42. The van der Waals surface area contributed by atoms with Gasteiger partial charge in [0.15, 0.2) is 5.76 Å². The third kappa shape index (κ3) is 5.40. The van der Waals surface area contributed by atoms with Gasteiger partial charge in [-0.05, 0) is 31.4 Å². The molecule has 1 aliphatic rings. The Morgan fingerprint density at radius 1 is 1.21 bits per heavy atom. The van der Waals surface area contributed by atoms with Crippen LogP contribution < -0.4 is 10.6 Å². The smallest absolute Gasteiger partial charge is 0.308 e. The molecule has 0 spiro atoms. The average molecular weight is 336 g/mol. The van der Waals surface area contributed by atoms with Gasteiger partial charge in [0.05, 0.1) is 12.2 Å². The zero-order valence-electron chi connectivity index (χ0n) is 13.6. The molecule has 1 aromatic rings. The number of carbonyl (C=O) groups excluding carboxylic acids is 2. The highest BCUT2D eigenvalue weighted by atomic mass is 16.4. The molecule has 2 atom stereocenters. The molecule has 0 bridgehead atoms. The minimum atomic E-state index is -0.840. The van der Waals surface area contributed by atoms with Gasteiger partial charge in [-0.1, -0.05) is 19.3 Å². The van der Waals surface area contributed by atoms with Crippen molar-refractivity contribution in [3.05, 3.63) is 24.2 Å². The molecule has 3 N–H and O–H groups in total. The highest BCUT2D eigenvalue weighted by Gasteiger charge is 2.30. The zero-order chi connectivity index (χ0) is 17.4. The van der Waals surface area contributed by atoms with Crippen LogP contribution in [-0.4, -0.2) is 35.5 Å². The molecule has 0 unspecified atom stereocenters. The fraction of sp³-hybridized carbons (Fsp3) is 0.588. The SMILES string of the molecule is O=C(CCCNC(=O)c1ccco1)N[C@H]1CCCCC[C@@H]1C(=O)O. The summed E-state index contributed by atoms with van der Waals surface area (Å²) in [5.41, 5.74) is 0. The molecule has 0 aliphatic heterocycles. The van der Waals surface area contributed by atoms with Crippen molar-refractivity contribution < 1.29 is 23.9 Å². The van der Waals surface area contributed by atoms with E-state index in [9.17, 15) is 19.5 Å². The van der Waals surface area contributed by atoms with Crippen molar-refractivity contribution in [1.29, 1.82) is 0 Å². The largest absolute Gasteiger partial charge is 0.481 e. The van der Waals surface area contributed by atoms with Crippen molar-refractivity contribution in [2.45, 2.75) is 51.0 Å². The normalized spacial score (nSPS) is 20.8. The van der Waals surface area contributed by atoms with E-state index >= 15 is 0 Å². The third-order valence-electron chi connectivity index (χ3n) is 4.29. The molecule has 1 heterocycles. The number of amides is 2. The van der Waals surface area contributed by atoms with Crippen molar-refractivity contribution in [2.75, 3.05) is 6.54 Å². The lowest BCUT2D eigenvalue weighted by molar-refractivity contribution is -0.143. The molecule has 1 fully saturated rings. The Kier molecular flexibility index (Phi) is 6.84. The monoisotopic (exact) mass is 336 g/mol. The summed E-state index contributed by atoms with van der Waals surface area (Å²) in [5.74, 6) is -1.58. The van der Waals surface area contributed by atoms with Crippen LogP contribution in [0.5, 0.6) is 0 Å². The molecule has 132 valence electrons. The molecule has 1 aromatic heterocycles. The van der Waals surface area contributed by atoms with Gasteiger partial charge in [-0.2, -0.15) is 0 Å². The molecule has 7 heteroatoms. The minimum absolute atomic E-state index is 0.166. The van der Waals surface area contributed by atoms with Crippen molar-refractivity contribution in [3.63, 3.8) is 0 Å². The van der Waals surface area contributed by atoms with E-state index in [1.807, 2.05) is 0 Å². The van der Waals surface area contributed by atoms with E-state index in [1.165, 1.54) is 6.26 Å². The summed E-state index contributed by atoms with van der Waals surface area (Å²) in [4.78, 5) is 35.0. The molecule has 2 amide bonds. The molecule has 0 aromatic carbocycles. The van der Waals surface area contributed by atoms with Gasteiger partial charge in [-0.15, -0.1) is 0 Å². The number of carboxylic acid groups (broad SMARTS) is 1. The zero-order valence-corrected chi connectivity index (χ0v) is 13.6. The van der Waals surface area contributed by atoms with Crippen molar-refractivity contribution in [3.8, 4) is 0 Å². The van der Waals surface area contributed by atoms with Crippen LogP contribution >= 0.6 is 0 Å². The van der Waals surface area contributed by atoms with Crippen LogP contribution in [0.3, 0.4) is 0 Å². The van der Waals surface area contributed by atoms with Crippen molar-refractivity contribution >= 4 is 17.8 Å². The van der Waals surface area contributed by atoms with Gasteiger partial charge < -0.3 is 20.2 Å². The molecular formula is C17H24N2O5. The van der Waals surface area contributed by atoms with Crippen molar-refractivity contribution in [2.24, 2.45) is 5.92 Å². The topological polar surface area (TPSA) is 109 Å². The summed E-state index contributed by atoms with van der Waals surface area (Å²) in [6.07, 6.45) is 6.32. The van der Waals surface area contributed by atoms with Gasteiger partial charge in [0.2, 0.25) is 5.91 Å². The van der Waals surface area contributed by atoms with E-state index in [4.69, 9.17) is 4.42 Å². The lowest BCUT2D eigenvalue weighted by Gasteiger charge is -2.22. The Balaban J connectivity index is 1.70. The van der Waals surface area contributed by atoms with E-state index in [2.05, 4.69) is 10.6 Å². The van der Waals surface area contributed by atoms with Gasteiger partial charge >= 0.3 is 5.97 Å². The maximum absolute atomic E-state index is 12.0. The summed E-state index contributed by atoms with van der Waals surface area (Å²) in [5, 5.41) is 14.8. The van der Waals surface area contributed by atoms with Crippen LogP contribution in [0, 0.1) is 5.92 Å². The Morgan fingerprint density at radius 3 is 2.71 bits per heavy atom. The maximum Gasteiger partial charge on any atom is 0.308 e. The summed E-state index contributed by atoms with van der Waals surface area (Å²) in [6, 6.07) is 2.91. The number of hydrogen-bond acceptors (Lipinski definition) is 4. The number of hydrogen-bond donors (Lipinski definition) is 3. The van der Waals surface area contributed by atoms with Crippen LogP contribution in [0.1, 0.15) is 55.5 Å². The molecule has 24 heavy (non-hydrogen) atoms. The molecule has 1 saturated carbocycles. The van der Waals surface area contributed by atoms with Crippen LogP contribution in [0.4, 0.5) is 0 Å². The van der Waals surface area contributed by atoms with E-state index in [1.54, 1.807) is 12.1 Å². The number of aliphatic carboxylic acids is 1. The predicted molar refractivity (Wildman–Crippen MR) is 86.4 cm³/mol. The number of furan rings is 1. The highest BCUT2D eigenvalue weighted by molar-refractivity contribution is 5.91. The second-order valence-corrected chi connectivity index (χ2v) is 6.09. The maximum atomic E-state index is 12.0. The number of carbonyl (C=O) groups is 3. The van der Waals surface area contributed by atoms with Gasteiger partial charge in [-0.25, -0.2) is 0 Å². The fourth-order valence-electron chi connectivity index (χ4n) is 3.00. The Labute approximate surface area is 140 Å². The average Bonchev–Trinajstić information content (AvgIpc) is 2.98. The van der Waals surface area contributed by atoms with Crippen LogP contribution in [-0.2, 0) is 9.59 Å². The van der Waals surface area contributed by atoms with Crippen LogP contribution in [0.15, 0.2) is 22.8 Å². The van der Waals surface area contributed by atoms with Gasteiger partial charge in [0.1, 0.15) is 0 Å². The highest BCUT2D eigenvalue weighted by Crippen LogP contribution is 2.23. The molecule has 7 nitrogen and oxygen atoms in total. The number of rotatable bonds is 7. The second-order valence-electron chi connectivity index (χ2n) is 6.09. The summed E-state index contributed by atoms with van der Waals surface area (Å²) >= 11 is 0. The molecule has 0 saturated heterocycles. The van der Waals surface area contributed by atoms with Gasteiger partial charge in [0.25, 0.3) is 5.91 Å². The van der Waals surface area contributed by atoms with Crippen molar-refractivity contribution in [1.82, 2.24) is 10.6 Å². The predicted octanol–water partition coefficient (Wildman–Crippen LogP) is 1.94. The Hall–Kier alpha value is -2.31. The summed E-state index contributed by atoms with van der Waals surface area (Å²) in [7, 11) is 0. The second kappa shape index (κ2) is 9.10. The van der Waals surface area contributed by atoms with Crippen LogP contribution in [0.25, 0.3) is 0 Å². The summed E-state index contributed by atoms with van der Waals surface area (Å²) < 4.78 is 4.97. The van der Waals surface area contributed by atoms with E-state index in [-0.39, 0.29) is 30.0 Å². The molecular weight excluding hydrogens is 312 g/mol. The van der Waals surface area contributed by atoms with Crippen LogP contribution in [0.2, 0.25) is 0 Å².